The summed E-state index contributed by atoms with van der Waals surface area (Å²) in [6.45, 7) is 0. The number of benzene rings is 3. The quantitative estimate of drug-likeness (QED) is 0.467. The van der Waals surface area contributed by atoms with Crippen LogP contribution in [0.5, 0.6) is 23.0 Å². The Labute approximate surface area is 193 Å². The minimum atomic E-state index is -3.97. The number of anilines is 1. The molecule has 0 spiro atoms. The van der Waals surface area contributed by atoms with Crippen LogP contribution in [0, 0.1) is 0 Å². The molecule has 1 aliphatic rings. The van der Waals surface area contributed by atoms with Crippen molar-refractivity contribution in [3.63, 3.8) is 0 Å². The van der Waals surface area contributed by atoms with Crippen molar-refractivity contribution in [1.29, 1.82) is 0 Å². The van der Waals surface area contributed by atoms with E-state index in [1.54, 1.807) is 49.6 Å². The number of sulfonamides is 1. The zero-order valence-corrected chi connectivity index (χ0v) is 19.4. The molecule has 6 nitrogen and oxygen atoms in total. The Kier molecular flexibility index (Phi) is 6.48. The normalized spacial score (nSPS) is 13.2. The zero-order valence-electron chi connectivity index (χ0n) is 17.9. The molecule has 1 aliphatic carbocycles. The molecule has 0 fully saturated rings. The summed E-state index contributed by atoms with van der Waals surface area (Å²) >= 11 is 6.16. The van der Waals surface area contributed by atoms with Gasteiger partial charge in [0.25, 0.3) is 10.0 Å². The second kappa shape index (κ2) is 9.30. The molecule has 0 aromatic heterocycles. The highest BCUT2D eigenvalue weighted by Gasteiger charge is 2.25. The molecule has 3 aromatic carbocycles. The molecule has 0 radical (unpaired) electrons. The summed E-state index contributed by atoms with van der Waals surface area (Å²) in [6, 6.07) is 15.3. The summed E-state index contributed by atoms with van der Waals surface area (Å²) in [5.41, 5.74) is 2.41. The van der Waals surface area contributed by atoms with Gasteiger partial charge in [-0.3, -0.25) is 4.72 Å². The molecule has 32 heavy (non-hydrogen) atoms. The molecular formula is C24H24ClNO5S. The Balaban J connectivity index is 1.68. The molecule has 0 bridgehead atoms. The van der Waals surface area contributed by atoms with Crippen molar-refractivity contribution in [2.24, 2.45) is 0 Å². The molecule has 0 atom stereocenters. The highest BCUT2D eigenvalue weighted by Crippen LogP contribution is 2.37. The van der Waals surface area contributed by atoms with Crippen LogP contribution in [0.25, 0.3) is 0 Å². The van der Waals surface area contributed by atoms with Crippen LogP contribution in [0.4, 0.5) is 5.69 Å². The molecule has 1 N–H and O–H groups in total. The van der Waals surface area contributed by atoms with Crippen molar-refractivity contribution in [3.8, 4) is 23.0 Å². The Hall–Kier alpha value is -2.90. The van der Waals surface area contributed by atoms with Gasteiger partial charge in [0.1, 0.15) is 22.1 Å². The molecule has 8 heteroatoms. The van der Waals surface area contributed by atoms with E-state index in [4.69, 9.17) is 25.8 Å². The number of hydrogen-bond donors (Lipinski definition) is 1. The van der Waals surface area contributed by atoms with E-state index in [1.807, 2.05) is 6.07 Å². The Morgan fingerprint density at radius 3 is 2.12 bits per heavy atom. The molecule has 3 aromatic rings. The lowest BCUT2D eigenvalue weighted by Crippen LogP contribution is -2.16. The van der Waals surface area contributed by atoms with Crippen molar-refractivity contribution < 1.29 is 22.6 Å². The summed E-state index contributed by atoms with van der Waals surface area (Å²) in [6.07, 6.45) is 3.91. The molecule has 0 heterocycles. The van der Waals surface area contributed by atoms with Crippen molar-refractivity contribution >= 4 is 27.3 Å². The lowest BCUT2D eigenvalue weighted by Gasteiger charge is -2.20. The Morgan fingerprint density at radius 2 is 1.47 bits per heavy atom. The third-order valence-electron chi connectivity index (χ3n) is 5.39. The fourth-order valence-electron chi connectivity index (χ4n) is 3.75. The van der Waals surface area contributed by atoms with Crippen molar-refractivity contribution in [1.82, 2.24) is 0 Å². The van der Waals surface area contributed by atoms with Gasteiger partial charge in [0, 0.05) is 5.02 Å². The smallest absolute Gasteiger partial charge is 0.265 e. The maximum atomic E-state index is 13.4. The first-order valence-electron chi connectivity index (χ1n) is 10.2. The first kappa shape index (κ1) is 22.3. The molecule has 168 valence electrons. The summed E-state index contributed by atoms with van der Waals surface area (Å²) in [5.74, 6) is 1.85. The van der Waals surface area contributed by atoms with Crippen LogP contribution in [0.15, 0.2) is 59.5 Å². The first-order valence-corrected chi connectivity index (χ1v) is 12.1. The van der Waals surface area contributed by atoms with Crippen LogP contribution in [-0.4, -0.2) is 22.6 Å². The number of hydrogen-bond acceptors (Lipinski definition) is 5. The zero-order chi connectivity index (χ0) is 22.7. The van der Waals surface area contributed by atoms with Crippen LogP contribution < -0.4 is 18.9 Å². The predicted molar refractivity (Wildman–Crippen MR) is 125 cm³/mol. The third-order valence-corrected chi connectivity index (χ3v) is 7.01. The second-order valence-corrected chi connectivity index (χ2v) is 9.59. The fourth-order valence-corrected chi connectivity index (χ4v) is 5.19. The minimum absolute atomic E-state index is 0.0935. The average molecular weight is 474 g/mol. The van der Waals surface area contributed by atoms with Gasteiger partial charge in [-0.25, -0.2) is 8.42 Å². The molecule has 0 aliphatic heterocycles. The summed E-state index contributed by atoms with van der Waals surface area (Å²) in [7, 11) is -0.912. The van der Waals surface area contributed by atoms with Crippen LogP contribution in [0.1, 0.15) is 24.0 Å². The van der Waals surface area contributed by atoms with Gasteiger partial charge in [-0.15, -0.1) is 0 Å². The van der Waals surface area contributed by atoms with E-state index in [1.165, 1.54) is 13.2 Å². The summed E-state index contributed by atoms with van der Waals surface area (Å²) in [4.78, 5) is 0.0935. The highest BCUT2D eigenvalue weighted by molar-refractivity contribution is 7.92. The number of fused-ring (bicyclic) bond motifs is 1. The van der Waals surface area contributed by atoms with Gasteiger partial charge in [0.2, 0.25) is 0 Å². The maximum absolute atomic E-state index is 13.4. The number of methoxy groups -OCH3 is 2. The molecule has 0 saturated heterocycles. The van der Waals surface area contributed by atoms with Gasteiger partial charge in [-0.05, 0) is 91.4 Å². The number of ether oxygens (including phenoxy) is 3. The van der Waals surface area contributed by atoms with Crippen LogP contribution in [0.3, 0.4) is 0 Å². The largest absolute Gasteiger partial charge is 0.497 e. The molecule has 0 unspecified atom stereocenters. The Morgan fingerprint density at radius 1 is 0.812 bits per heavy atom. The fraction of sp³-hybridized carbons (Fsp3) is 0.250. The standard InChI is InChI=1S/C24H24ClNO5S/c1-29-19-8-10-20(11-9-19)31-22-12-7-18(25)15-21(22)26-32(27,28)24-14-17-6-4-3-5-16(17)13-23(24)30-2/h7-15,26H,3-6H2,1-2H3. The predicted octanol–water partition coefficient (Wildman–Crippen LogP) is 5.83. The van der Waals surface area contributed by atoms with E-state index >= 15 is 0 Å². The van der Waals surface area contributed by atoms with Gasteiger partial charge >= 0.3 is 0 Å². The van der Waals surface area contributed by atoms with Crippen molar-refractivity contribution in [2.45, 2.75) is 30.6 Å². The highest BCUT2D eigenvalue weighted by atomic mass is 35.5. The number of aryl methyl sites for hydroxylation is 2. The molecule has 4 rings (SSSR count). The lowest BCUT2D eigenvalue weighted by molar-refractivity contribution is 0.401. The van der Waals surface area contributed by atoms with Crippen LogP contribution in [-0.2, 0) is 22.9 Å². The average Bonchev–Trinajstić information content (AvgIpc) is 2.80. The lowest BCUT2D eigenvalue weighted by atomic mass is 9.92. The van der Waals surface area contributed by atoms with Crippen molar-refractivity contribution in [2.75, 3.05) is 18.9 Å². The van der Waals surface area contributed by atoms with E-state index in [2.05, 4.69) is 4.72 Å². The van der Waals surface area contributed by atoms with Gasteiger partial charge in [-0.1, -0.05) is 11.6 Å². The molecule has 0 saturated carbocycles. The topological polar surface area (TPSA) is 73.9 Å². The van der Waals surface area contributed by atoms with Crippen LogP contribution >= 0.6 is 11.6 Å². The van der Waals surface area contributed by atoms with Gasteiger partial charge in [-0.2, -0.15) is 0 Å². The van der Waals surface area contributed by atoms with Crippen LogP contribution in [0.2, 0.25) is 5.02 Å². The van der Waals surface area contributed by atoms with Gasteiger partial charge in [0.15, 0.2) is 5.75 Å². The van der Waals surface area contributed by atoms with Gasteiger partial charge in [0.05, 0.1) is 19.9 Å². The SMILES string of the molecule is COc1ccc(Oc2ccc(Cl)cc2NS(=O)(=O)c2cc3c(cc2OC)CCCC3)cc1. The van der Waals surface area contributed by atoms with E-state index < -0.39 is 10.0 Å². The monoisotopic (exact) mass is 473 g/mol. The maximum Gasteiger partial charge on any atom is 0.265 e. The number of halogens is 1. The second-order valence-electron chi connectivity index (χ2n) is 7.50. The molecule has 0 amide bonds. The first-order chi connectivity index (χ1) is 15.4. The van der Waals surface area contributed by atoms with E-state index in [0.29, 0.717) is 28.0 Å². The third kappa shape index (κ3) is 4.79. The van der Waals surface area contributed by atoms with Gasteiger partial charge < -0.3 is 14.2 Å². The summed E-state index contributed by atoms with van der Waals surface area (Å²) in [5, 5.41) is 0.377. The minimum Gasteiger partial charge on any atom is -0.497 e. The van der Waals surface area contributed by atoms with E-state index in [9.17, 15) is 8.42 Å². The van der Waals surface area contributed by atoms with E-state index in [-0.39, 0.29) is 10.6 Å². The number of nitrogens with one attached hydrogen (secondary N) is 1. The van der Waals surface area contributed by atoms with Crippen molar-refractivity contribution in [3.05, 3.63) is 70.7 Å². The summed E-state index contributed by atoms with van der Waals surface area (Å²) < 4.78 is 45.8. The Bertz CT molecular complexity index is 1230. The molecular weight excluding hydrogens is 450 g/mol. The van der Waals surface area contributed by atoms with E-state index in [0.717, 1.165) is 36.8 Å². The number of rotatable bonds is 7.